The monoisotopic (exact) mass is 474 g/mol. The normalized spacial score (nSPS) is 19.8. The van der Waals surface area contributed by atoms with Crippen molar-refractivity contribution in [3.8, 4) is 11.6 Å². The summed E-state index contributed by atoms with van der Waals surface area (Å²) in [4.78, 5) is 23.4. The molecule has 2 heterocycles. The Kier molecular flexibility index (Phi) is 7.56. The van der Waals surface area contributed by atoms with Gasteiger partial charge in [0.25, 0.3) is 0 Å². The molecule has 2 atom stereocenters. The largest absolute Gasteiger partial charge is 0.497 e. The van der Waals surface area contributed by atoms with Gasteiger partial charge in [0.1, 0.15) is 34.2 Å². The van der Waals surface area contributed by atoms with E-state index in [4.69, 9.17) is 9.47 Å². The van der Waals surface area contributed by atoms with Crippen molar-refractivity contribution in [1.29, 1.82) is 0 Å². The maximum absolute atomic E-state index is 12.9. The number of aromatic nitrogens is 2. The highest BCUT2D eigenvalue weighted by atomic mass is 32.2. The van der Waals surface area contributed by atoms with Crippen LogP contribution in [0.4, 0.5) is 0 Å². The summed E-state index contributed by atoms with van der Waals surface area (Å²) in [6.07, 6.45) is 5.37. The third kappa shape index (κ3) is 5.51. The third-order valence-electron chi connectivity index (χ3n) is 6.27. The van der Waals surface area contributed by atoms with Crippen LogP contribution >= 0.6 is 0 Å². The fraction of sp³-hybridized carbons (Fsp3) is 0.522. The van der Waals surface area contributed by atoms with Gasteiger partial charge in [0, 0.05) is 32.4 Å². The average Bonchev–Trinajstić information content (AvgIpc) is 3.36. The molecular weight excluding hydrogens is 444 g/mol. The van der Waals surface area contributed by atoms with Gasteiger partial charge in [-0.25, -0.2) is 18.3 Å². The van der Waals surface area contributed by atoms with Crippen LogP contribution < -0.4 is 9.47 Å². The summed E-state index contributed by atoms with van der Waals surface area (Å²) in [5, 5.41) is 9.51. The van der Waals surface area contributed by atoms with Crippen molar-refractivity contribution in [2.75, 3.05) is 33.3 Å². The van der Waals surface area contributed by atoms with Gasteiger partial charge in [0.2, 0.25) is 5.88 Å². The molecule has 1 aliphatic carbocycles. The summed E-state index contributed by atoms with van der Waals surface area (Å²) in [7, 11) is 0.373. The average molecular weight is 475 g/mol. The number of ether oxygens (including phenoxy) is 2. The number of aromatic carboxylic acids is 1. The number of rotatable bonds is 8. The second-order valence-corrected chi connectivity index (χ2v) is 9.83. The van der Waals surface area contributed by atoms with Gasteiger partial charge in [-0.2, -0.15) is 4.98 Å². The highest BCUT2D eigenvalue weighted by Gasteiger charge is 2.29. The maximum Gasteiger partial charge on any atom is 0.342 e. The van der Waals surface area contributed by atoms with E-state index in [1.54, 1.807) is 7.11 Å². The molecule has 0 spiro atoms. The molecule has 2 unspecified atom stereocenters. The number of carbonyl (C=O) groups is 1. The van der Waals surface area contributed by atoms with E-state index >= 15 is 0 Å². The Labute approximate surface area is 196 Å². The number of benzene rings is 1. The predicted octanol–water partition coefficient (Wildman–Crippen LogP) is 2.91. The van der Waals surface area contributed by atoms with Gasteiger partial charge in [-0.15, -0.1) is 0 Å². The summed E-state index contributed by atoms with van der Waals surface area (Å²) in [5.74, 6) is 0.347. The van der Waals surface area contributed by atoms with Crippen LogP contribution in [0.3, 0.4) is 0 Å². The van der Waals surface area contributed by atoms with Gasteiger partial charge in [0.05, 0.1) is 18.0 Å². The van der Waals surface area contributed by atoms with E-state index in [1.165, 1.54) is 6.20 Å². The van der Waals surface area contributed by atoms with E-state index in [0.717, 1.165) is 36.3 Å². The zero-order valence-corrected chi connectivity index (χ0v) is 19.8. The molecule has 1 saturated carbocycles. The van der Waals surface area contributed by atoms with E-state index < -0.39 is 17.0 Å². The lowest BCUT2D eigenvalue weighted by Crippen LogP contribution is -2.47. The first-order valence-electron chi connectivity index (χ1n) is 11.3. The van der Waals surface area contributed by atoms with Crippen molar-refractivity contribution in [1.82, 2.24) is 19.2 Å². The van der Waals surface area contributed by atoms with Crippen LogP contribution in [0.25, 0.3) is 0 Å². The molecule has 10 heteroatoms. The second kappa shape index (κ2) is 10.6. The summed E-state index contributed by atoms with van der Waals surface area (Å²) >= 11 is 0. The minimum Gasteiger partial charge on any atom is -0.497 e. The molecule has 2 aliphatic rings. The summed E-state index contributed by atoms with van der Waals surface area (Å²) < 4.78 is 26.0. The maximum atomic E-state index is 12.9. The molecule has 1 saturated heterocycles. The van der Waals surface area contributed by atoms with Crippen LogP contribution in [-0.4, -0.2) is 73.9 Å². The summed E-state index contributed by atoms with van der Waals surface area (Å²) in [5.41, 5.74) is -0.00226. The first kappa shape index (κ1) is 23.6. The van der Waals surface area contributed by atoms with Gasteiger partial charge in [-0.05, 0) is 56.9 Å². The molecule has 4 rings (SSSR count). The molecule has 0 amide bonds. The number of carboxylic acids is 1. The van der Waals surface area contributed by atoms with Gasteiger partial charge in [-0.1, -0.05) is 0 Å². The highest BCUT2D eigenvalue weighted by Crippen LogP contribution is 2.28. The third-order valence-corrected chi connectivity index (χ3v) is 7.78. The lowest BCUT2D eigenvalue weighted by atomic mass is 10.2. The predicted molar refractivity (Wildman–Crippen MR) is 123 cm³/mol. The summed E-state index contributed by atoms with van der Waals surface area (Å²) in [6.45, 7) is 4.69. The molecule has 178 valence electrons. The molecule has 1 N–H and O–H groups in total. The fourth-order valence-corrected chi connectivity index (χ4v) is 5.40. The minimum absolute atomic E-state index is 0.00226. The van der Waals surface area contributed by atoms with Crippen LogP contribution in [0.2, 0.25) is 0 Å². The Balaban J connectivity index is 1.40. The SMILES string of the molecule is COc1ccc(S(=O)N2CCN(C(C)c3ncc(C(=O)O)c(OC4CCCC4)n3)CC2)cc1. The van der Waals surface area contributed by atoms with Crippen molar-refractivity contribution in [3.05, 3.63) is 41.9 Å². The van der Waals surface area contributed by atoms with Crippen molar-refractivity contribution in [3.63, 3.8) is 0 Å². The molecule has 1 aliphatic heterocycles. The van der Waals surface area contributed by atoms with Gasteiger partial charge >= 0.3 is 5.97 Å². The number of methoxy groups -OCH3 is 1. The smallest absolute Gasteiger partial charge is 0.342 e. The molecular formula is C23H30N4O5S. The Hall–Kier alpha value is -2.56. The Bertz CT molecular complexity index is 989. The molecule has 33 heavy (non-hydrogen) atoms. The molecule has 1 aromatic carbocycles. The molecule has 2 fully saturated rings. The lowest BCUT2D eigenvalue weighted by molar-refractivity contribution is 0.0686. The Morgan fingerprint density at radius 1 is 1.15 bits per heavy atom. The van der Waals surface area contributed by atoms with Gasteiger partial charge in [-0.3, -0.25) is 4.90 Å². The number of nitrogens with zero attached hydrogens (tertiary/aromatic N) is 4. The van der Waals surface area contributed by atoms with Crippen LogP contribution in [0, 0.1) is 0 Å². The zero-order chi connectivity index (χ0) is 23.4. The Morgan fingerprint density at radius 2 is 1.82 bits per heavy atom. The van der Waals surface area contributed by atoms with Crippen LogP contribution in [0.1, 0.15) is 54.8 Å². The zero-order valence-electron chi connectivity index (χ0n) is 19.0. The van der Waals surface area contributed by atoms with Gasteiger partial charge < -0.3 is 14.6 Å². The van der Waals surface area contributed by atoms with Crippen molar-refractivity contribution in [2.45, 2.75) is 49.6 Å². The standard InChI is InChI=1S/C23H30N4O5S/c1-16(21-24-15-20(23(28)29)22(25-21)32-18-5-3-4-6-18)26-11-13-27(14-12-26)33(30)19-9-7-17(31-2)8-10-19/h7-10,15-16,18H,3-6,11-14H2,1-2H3,(H,28,29). The first-order valence-corrected chi connectivity index (χ1v) is 12.4. The van der Waals surface area contributed by atoms with E-state index in [-0.39, 0.29) is 23.6 Å². The first-order chi connectivity index (χ1) is 16.0. The van der Waals surface area contributed by atoms with Crippen molar-refractivity contribution >= 4 is 17.0 Å². The quantitative estimate of drug-likeness (QED) is 0.623. The molecule has 1 aromatic heterocycles. The van der Waals surface area contributed by atoms with Gasteiger partial charge in [0.15, 0.2) is 0 Å². The summed E-state index contributed by atoms with van der Waals surface area (Å²) in [6, 6.07) is 7.17. The number of piperazine rings is 1. The highest BCUT2D eigenvalue weighted by molar-refractivity contribution is 7.82. The van der Waals surface area contributed by atoms with E-state index in [9.17, 15) is 14.1 Å². The molecule has 0 bridgehead atoms. The van der Waals surface area contributed by atoms with Crippen LogP contribution in [-0.2, 0) is 11.0 Å². The van der Waals surface area contributed by atoms with E-state index in [2.05, 4.69) is 14.9 Å². The fourth-order valence-electron chi connectivity index (χ4n) is 4.24. The van der Waals surface area contributed by atoms with Crippen molar-refractivity contribution < 1.29 is 23.6 Å². The topological polar surface area (TPSA) is 105 Å². The van der Waals surface area contributed by atoms with Crippen molar-refractivity contribution in [2.24, 2.45) is 0 Å². The molecule has 0 radical (unpaired) electrons. The van der Waals surface area contributed by atoms with Crippen LogP contribution in [0.15, 0.2) is 35.4 Å². The second-order valence-electron chi connectivity index (χ2n) is 8.34. The molecule has 2 aromatic rings. The van der Waals surface area contributed by atoms with E-state index in [1.807, 2.05) is 35.5 Å². The minimum atomic E-state index is -1.23. The molecule has 9 nitrogen and oxygen atoms in total. The number of carboxylic acid groups (broad SMARTS) is 1. The van der Waals surface area contributed by atoms with Crippen LogP contribution in [0.5, 0.6) is 11.6 Å². The van der Waals surface area contributed by atoms with E-state index in [0.29, 0.717) is 32.0 Å². The lowest BCUT2D eigenvalue weighted by Gasteiger charge is -2.36. The number of hydrogen-bond acceptors (Lipinski definition) is 7. The Morgan fingerprint density at radius 3 is 2.42 bits per heavy atom. The number of hydrogen-bond donors (Lipinski definition) is 1.